The van der Waals surface area contributed by atoms with Crippen molar-refractivity contribution in [2.75, 3.05) is 31.2 Å². The molecule has 156 valence electrons. The minimum atomic E-state index is -0.122. The van der Waals surface area contributed by atoms with E-state index in [9.17, 15) is 9.59 Å². The van der Waals surface area contributed by atoms with Crippen LogP contribution in [0.15, 0.2) is 48.5 Å². The van der Waals surface area contributed by atoms with Gasteiger partial charge in [0.2, 0.25) is 11.8 Å². The van der Waals surface area contributed by atoms with Crippen molar-refractivity contribution < 1.29 is 14.3 Å². The number of aryl methyl sites for hydroxylation is 1. The molecule has 0 spiro atoms. The summed E-state index contributed by atoms with van der Waals surface area (Å²) in [5, 5.41) is 2.90. The van der Waals surface area contributed by atoms with Crippen LogP contribution in [0, 0.1) is 5.92 Å². The molecule has 1 fully saturated rings. The van der Waals surface area contributed by atoms with Crippen LogP contribution in [0.2, 0.25) is 0 Å². The predicted octanol–water partition coefficient (Wildman–Crippen LogP) is 3.51. The van der Waals surface area contributed by atoms with Crippen LogP contribution in [0.25, 0.3) is 0 Å². The van der Waals surface area contributed by atoms with Crippen molar-refractivity contribution in [3.63, 3.8) is 0 Å². The van der Waals surface area contributed by atoms with Gasteiger partial charge in [-0.25, -0.2) is 0 Å². The van der Waals surface area contributed by atoms with Crippen molar-refractivity contribution in [1.29, 1.82) is 0 Å². The molecule has 1 aliphatic rings. The molecule has 0 bridgehead atoms. The molecule has 2 amide bonds. The summed E-state index contributed by atoms with van der Waals surface area (Å²) in [6.45, 7) is 1.22. The maximum Gasteiger partial charge on any atom is 0.227 e. The Bertz CT molecular complexity index is 821. The molecule has 3 N–H and O–H groups in total. The number of hydrogen-bond acceptors (Lipinski definition) is 4. The lowest BCUT2D eigenvalue weighted by Gasteiger charge is -2.31. The number of nitrogens with zero attached hydrogens (tertiary/aromatic N) is 1. The average Bonchev–Trinajstić information content (AvgIpc) is 2.74. The molecule has 0 atom stereocenters. The molecule has 0 saturated carbocycles. The summed E-state index contributed by atoms with van der Waals surface area (Å²) in [4.78, 5) is 26.9. The van der Waals surface area contributed by atoms with E-state index in [-0.39, 0.29) is 30.1 Å². The SMILES string of the molecule is COc1ccc(N)c(NC(=O)C2CCN(C(=O)CCc3ccccc3)CC2)c1.Cl. The maximum atomic E-state index is 12.6. The van der Waals surface area contributed by atoms with Crippen LogP contribution >= 0.6 is 12.4 Å². The molecule has 6 nitrogen and oxygen atoms in total. The number of nitrogen functional groups attached to an aromatic ring is 1. The molecule has 1 heterocycles. The van der Waals surface area contributed by atoms with Crippen molar-refractivity contribution >= 4 is 35.6 Å². The number of piperidine rings is 1. The Labute approximate surface area is 177 Å². The largest absolute Gasteiger partial charge is 0.497 e. The number of rotatable bonds is 6. The van der Waals surface area contributed by atoms with E-state index in [4.69, 9.17) is 10.5 Å². The van der Waals surface area contributed by atoms with Gasteiger partial charge in [-0.05, 0) is 37.0 Å². The fourth-order valence-electron chi connectivity index (χ4n) is 3.45. The Balaban J connectivity index is 0.00000300. The molecule has 0 aliphatic carbocycles. The first-order valence-corrected chi connectivity index (χ1v) is 9.63. The summed E-state index contributed by atoms with van der Waals surface area (Å²) in [7, 11) is 1.57. The van der Waals surface area contributed by atoms with Gasteiger partial charge in [0.25, 0.3) is 0 Å². The minimum Gasteiger partial charge on any atom is -0.497 e. The zero-order chi connectivity index (χ0) is 19.9. The van der Waals surface area contributed by atoms with Gasteiger partial charge in [-0.15, -0.1) is 12.4 Å². The molecule has 1 aliphatic heterocycles. The van der Waals surface area contributed by atoms with Gasteiger partial charge >= 0.3 is 0 Å². The van der Waals surface area contributed by atoms with Crippen LogP contribution in [0.3, 0.4) is 0 Å². The van der Waals surface area contributed by atoms with E-state index < -0.39 is 0 Å². The maximum absolute atomic E-state index is 12.6. The van der Waals surface area contributed by atoms with E-state index in [1.807, 2.05) is 35.2 Å². The zero-order valence-electron chi connectivity index (χ0n) is 16.6. The number of amides is 2. The second-order valence-corrected chi connectivity index (χ2v) is 7.08. The first-order valence-electron chi connectivity index (χ1n) is 9.63. The van der Waals surface area contributed by atoms with Crippen LogP contribution in [0.4, 0.5) is 11.4 Å². The third-order valence-electron chi connectivity index (χ3n) is 5.21. The Hall–Kier alpha value is -2.73. The summed E-state index contributed by atoms with van der Waals surface area (Å²) < 4.78 is 5.18. The van der Waals surface area contributed by atoms with Crippen LogP contribution in [0.5, 0.6) is 5.75 Å². The third kappa shape index (κ3) is 6.12. The zero-order valence-corrected chi connectivity index (χ0v) is 17.4. The molecular formula is C22H28ClN3O3. The highest BCUT2D eigenvalue weighted by molar-refractivity contribution is 5.95. The minimum absolute atomic E-state index is 0. The predicted molar refractivity (Wildman–Crippen MR) is 117 cm³/mol. The number of benzene rings is 2. The number of hydrogen-bond donors (Lipinski definition) is 2. The Morgan fingerprint density at radius 1 is 1.14 bits per heavy atom. The standard InChI is InChI=1S/C22H27N3O3.ClH/c1-28-18-8-9-19(23)20(15-18)24-22(27)17-11-13-25(14-12-17)21(26)10-7-16-5-3-2-4-6-16;/h2-6,8-9,15,17H,7,10-14,23H2,1H3,(H,24,27);1H. The van der Waals surface area contributed by atoms with E-state index in [0.29, 0.717) is 49.5 Å². The summed E-state index contributed by atoms with van der Waals surface area (Å²) in [6, 6.07) is 15.2. The van der Waals surface area contributed by atoms with Gasteiger partial charge in [0.1, 0.15) is 5.75 Å². The fourth-order valence-corrected chi connectivity index (χ4v) is 3.45. The Kier molecular flexibility index (Phi) is 8.34. The molecule has 1 saturated heterocycles. The molecule has 29 heavy (non-hydrogen) atoms. The highest BCUT2D eigenvalue weighted by Gasteiger charge is 2.27. The highest BCUT2D eigenvalue weighted by atomic mass is 35.5. The van der Waals surface area contributed by atoms with Crippen LogP contribution < -0.4 is 15.8 Å². The van der Waals surface area contributed by atoms with Crippen molar-refractivity contribution in [2.24, 2.45) is 5.92 Å². The van der Waals surface area contributed by atoms with Gasteiger partial charge in [0.15, 0.2) is 0 Å². The van der Waals surface area contributed by atoms with E-state index in [2.05, 4.69) is 5.32 Å². The highest BCUT2D eigenvalue weighted by Crippen LogP contribution is 2.26. The Morgan fingerprint density at radius 2 is 1.83 bits per heavy atom. The van der Waals surface area contributed by atoms with Crippen molar-refractivity contribution in [2.45, 2.75) is 25.7 Å². The molecule has 0 radical (unpaired) electrons. The lowest BCUT2D eigenvalue weighted by atomic mass is 9.95. The monoisotopic (exact) mass is 417 g/mol. The summed E-state index contributed by atoms with van der Waals surface area (Å²) in [5.74, 6) is 0.614. The van der Waals surface area contributed by atoms with Gasteiger partial charge in [-0.3, -0.25) is 9.59 Å². The quantitative estimate of drug-likeness (QED) is 0.704. The van der Waals surface area contributed by atoms with Gasteiger partial charge in [0, 0.05) is 31.5 Å². The number of nitrogens with two attached hydrogens (primary N) is 1. The van der Waals surface area contributed by atoms with E-state index in [0.717, 1.165) is 6.42 Å². The molecule has 0 unspecified atom stereocenters. The van der Waals surface area contributed by atoms with E-state index in [1.165, 1.54) is 5.56 Å². The van der Waals surface area contributed by atoms with Gasteiger partial charge in [-0.1, -0.05) is 30.3 Å². The van der Waals surface area contributed by atoms with Gasteiger partial charge in [-0.2, -0.15) is 0 Å². The second kappa shape index (κ2) is 10.7. The molecule has 2 aromatic carbocycles. The van der Waals surface area contributed by atoms with E-state index in [1.54, 1.807) is 25.3 Å². The number of carbonyl (C=O) groups excluding carboxylic acids is 2. The first-order chi connectivity index (χ1) is 13.6. The van der Waals surface area contributed by atoms with Gasteiger partial charge in [0.05, 0.1) is 18.5 Å². The molecular weight excluding hydrogens is 390 g/mol. The first kappa shape index (κ1) is 22.6. The smallest absolute Gasteiger partial charge is 0.227 e. The van der Waals surface area contributed by atoms with Crippen LogP contribution in [-0.4, -0.2) is 36.9 Å². The number of anilines is 2. The number of nitrogens with one attached hydrogen (secondary N) is 1. The molecule has 7 heteroatoms. The third-order valence-corrected chi connectivity index (χ3v) is 5.21. The lowest BCUT2D eigenvalue weighted by molar-refractivity contribution is -0.134. The molecule has 2 aromatic rings. The molecule has 0 aromatic heterocycles. The molecule has 3 rings (SSSR count). The topological polar surface area (TPSA) is 84.7 Å². The summed E-state index contributed by atoms with van der Waals surface area (Å²) in [5.41, 5.74) is 8.17. The normalized spacial score (nSPS) is 14.0. The summed E-state index contributed by atoms with van der Waals surface area (Å²) >= 11 is 0. The van der Waals surface area contributed by atoms with Crippen molar-refractivity contribution in [3.05, 3.63) is 54.1 Å². The average molecular weight is 418 g/mol. The van der Waals surface area contributed by atoms with Crippen molar-refractivity contribution in [3.8, 4) is 5.75 Å². The summed E-state index contributed by atoms with van der Waals surface area (Å²) in [6.07, 6.45) is 2.57. The van der Waals surface area contributed by atoms with Crippen LogP contribution in [0.1, 0.15) is 24.8 Å². The number of halogens is 1. The lowest BCUT2D eigenvalue weighted by Crippen LogP contribution is -2.41. The second-order valence-electron chi connectivity index (χ2n) is 7.08. The van der Waals surface area contributed by atoms with Crippen LogP contribution in [-0.2, 0) is 16.0 Å². The Morgan fingerprint density at radius 3 is 2.48 bits per heavy atom. The fraction of sp³-hybridized carbons (Fsp3) is 0.364. The van der Waals surface area contributed by atoms with Gasteiger partial charge < -0.3 is 20.7 Å². The number of ether oxygens (including phenoxy) is 1. The number of likely N-dealkylation sites (tertiary alicyclic amines) is 1. The number of methoxy groups -OCH3 is 1. The van der Waals surface area contributed by atoms with E-state index >= 15 is 0 Å². The number of carbonyl (C=O) groups is 2. The van der Waals surface area contributed by atoms with Crippen molar-refractivity contribution in [1.82, 2.24) is 4.90 Å².